The Morgan fingerprint density at radius 3 is 2.39 bits per heavy atom. The molecule has 1 aromatic rings. The Labute approximate surface area is 163 Å². The molecule has 1 aliphatic heterocycles. The fourth-order valence-electron chi connectivity index (χ4n) is 2.72. The Kier molecular flexibility index (Phi) is 7.58. The third-order valence-corrected chi connectivity index (χ3v) is 6.49. The van der Waals surface area contributed by atoms with Gasteiger partial charge in [-0.2, -0.15) is 5.26 Å². The highest BCUT2D eigenvalue weighted by atomic mass is 31.2. The second-order valence-corrected chi connectivity index (χ2v) is 8.40. The van der Waals surface area contributed by atoms with Gasteiger partial charge in [0.25, 0.3) is 5.69 Å². The molecule has 0 radical (unpaired) electrons. The number of allylic oxidation sites excluding steroid dienone is 1. The monoisotopic (exact) mass is 409 g/mol. The number of nitrogens with two attached hydrogens (primary N) is 1. The van der Waals surface area contributed by atoms with Crippen molar-refractivity contribution in [2.45, 2.75) is 45.2 Å². The summed E-state index contributed by atoms with van der Waals surface area (Å²) in [7, 11) is -3.91. The lowest BCUT2D eigenvalue weighted by molar-refractivity contribution is -0.384. The van der Waals surface area contributed by atoms with Gasteiger partial charge in [-0.25, -0.2) is 0 Å². The van der Waals surface area contributed by atoms with Crippen molar-refractivity contribution in [2.24, 2.45) is 5.73 Å². The van der Waals surface area contributed by atoms with Crippen LogP contribution in [0, 0.1) is 21.4 Å². The summed E-state index contributed by atoms with van der Waals surface area (Å²) < 4.78 is 30.5. The van der Waals surface area contributed by atoms with Crippen LogP contribution in [0.4, 0.5) is 5.69 Å². The highest BCUT2D eigenvalue weighted by Gasteiger charge is 2.46. The minimum atomic E-state index is -3.91. The van der Waals surface area contributed by atoms with Crippen LogP contribution < -0.4 is 10.5 Å². The van der Waals surface area contributed by atoms with E-state index in [0.717, 1.165) is 12.8 Å². The number of fused-ring (bicyclic) bond motifs is 1. The summed E-state index contributed by atoms with van der Waals surface area (Å²) in [5, 5.41) is 20.8. The van der Waals surface area contributed by atoms with E-state index in [9.17, 15) is 19.9 Å². The van der Waals surface area contributed by atoms with Gasteiger partial charge in [-0.1, -0.05) is 26.7 Å². The van der Waals surface area contributed by atoms with Crippen LogP contribution in [0.1, 0.15) is 50.8 Å². The van der Waals surface area contributed by atoms with E-state index in [-0.39, 0.29) is 41.7 Å². The molecule has 28 heavy (non-hydrogen) atoms. The average Bonchev–Trinajstić information content (AvgIpc) is 2.66. The van der Waals surface area contributed by atoms with Crippen LogP contribution >= 0.6 is 7.60 Å². The normalized spacial score (nSPS) is 16.2. The predicted molar refractivity (Wildman–Crippen MR) is 103 cm³/mol. The molecule has 0 saturated carbocycles. The summed E-state index contributed by atoms with van der Waals surface area (Å²) in [6.45, 7) is 4.25. The molecule has 2 N–H and O–H groups in total. The van der Waals surface area contributed by atoms with Crippen molar-refractivity contribution in [1.82, 2.24) is 0 Å². The molecule has 1 heterocycles. The Morgan fingerprint density at radius 1 is 1.29 bits per heavy atom. The van der Waals surface area contributed by atoms with Crippen molar-refractivity contribution in [3.8, 4) is 11.8 Å². The molecule has 9 nitrogen and oxygen atoms in total. The zero-order valence-corrected chi connectivity index (χ0v) is 16.8. The summed E-state index contributed by atoms with van der Waals surface area (Å²) in [6.07, 6.45) is 2.92. The molecule has 1 aromatic carbocycles. The van der Waals surface area contributed by atoms with Crippen LogP contribution in [0.2, 0.25) is 0 Å². The Morgan fingerprint density at radius 2 is 1.89 bits per heavy atom. The van der Waals surface area contributed by atoms with Crippen LogP contribution in [-0.2, 0) is 13.6 Å². The molecule has 1 unspecified atom stereocenters. The van der Waals surface area contributed by atoms with Gasteiger partial charge >= 0.3 is 7.60 Å². The van der Waals surface area contributed by atoms with Crippen molar-refractivity contribution in [2.75, 3.05) is 13.2 Å². The maximum Gasteiger partial charge on any atom is 0.343 e. The van der Waals surface area contributed by atoms with E-state index < -0.39 is 18.2 Å². The van der Waals surface area contributed by atoms with Crippen LogP contribution in [0.3, 0.4) is 0 Å². The Bertz CT molecular complexity index is 834. The molecule has 0 bridgehead atoms. The Balaban J connectivity index is 2.57. The molecule has 0 aromatic heterocycles. The fourth-order valence-corrected chi connectivity index (χ4v) is 4.91. The number of nitro groups is 1. The van der Waals surface area contributed by atoms with Gasteiger partial charge < -0.3 is 19.5 Å². The second-order valence-electron chi connectivity index (χ2n) is 6.29. The average molecular weight is 409 g/mol. The molecule has 10 heteroatoms. The van der Waals surface area contributed by atoms with Gasteiger partial charge in [0.1, 0.15) is 23.1 Å². The first kappa shape index (κ1) is 21.9. The van der Waals surface area contributed by atoms with E-state index in [2.05, 4.69) is 0 Å². The number of unbranched alkanes of at least 4 members (excludes halogenated alkanes) is 2. The van der Waals surface area contributed by atoms with Crippen molar-refractivity contribution in [1.29, 1.82) is 5.26 Å². The van der Waals surface area contributed by atoms with Crippen LogP contribution in [0.25, 0.3) is 0 Å². The van der Waals surface area contributed by atoms with Crippen LogP contribution in [0.15, 0.2) is 29.7 Å². The standard InChI is InChI=1S/C18H24N3O6P/c1-3-5-9-25-28(24,26-10-6-4-2)17-14-11-13(21(22)23)7-8-16(14)27-18(20)15(17)12-19/h7-8,11,17H,3-6,9-10,20H2,1-2H3. The van der Waals surface area contributed by atoms with Gasteiger partial charge in [0, 0.05) is 17.7 Å². The highest BCUT2D eigenvalue weighted by Crippen LogP contribution is 2.66. The van der Waals surface area contributed by atoms with E-state index >= 15 is 0 Å². The SMILES string of the molecule is CCCCOP(=O)(OCCCC)C1C(C#N)=C(N)Oc2ccc([N+](=O)[O-])cc21. The number of nitrogens with zero attached hydrogens (tertiary/aromatic N) is 2. The first-order chi connectivity index (χ1) is 13.4. The zero-order valence-electron chi connectivity index (χ0n) is 15.9. The van der Waals surface area contributed by atoms with E-state index in [1.165, 1.54) is 18.2 Å². The second kappa shape index (κ2) is 9.69. The largest absolute Gasteiger partial charge is 0.440 e. The lowest BCUT2D eigenvalue weighted by atomic mass is 10.0. The molecule has 0 spiro atoms. The van der Waals surface area contributed by atoms with Gasteiger partial charge in [0.05, 0.1) is 18.1 Å². The molecule has 0 saturated heterocycles. The molecular weight excluding hydrogens is 385 g/mol. The molecule has 2 rings (SSSR count). The van der Waals surface area contributed by atoms with Gasteiger partial charge in [0.15, 0.2) is 0 Å². The molecule has 152 valence electrons. The Hall–Kier alpha value is -2.40. The molecule has 0 aliphatic carbocycles. The maximum atomic E-state index is 13.8. The molecule has 1 atom stereocenters. The number of rotatable bonds is 10. The number of non-ortho nitro benzene ring substituents is 1. The summed E-state index contributed by atoms with van der Waals surface area (Å²) in [6, 6.07) is 5.75. The quantitative estimate of drug-likeness (QED) is 0.257. The van der Waals surface area contributed by atoms with E-state index in [1.807, 2.05) is 19.9 Å². The third-order valence-electron chi connectivity index (χ3n) is 4.23. The van der Waals surface area contributed by atoms with Gasteiger partial charge in [0.2, 0.25) is 5.88 Å². The van der Waals surface area contributed by atoms with Gasteiger partial charge in [-0.15, -0.1) is 0 Å². The van der Waals surface area contributed by atoms with Crippen LogP contribution in [-0.4, -0.2) is 18.1 Å². The first-order valence-electron chi connectivity index (χ1n) is 9.12. The number of hydrogen-bond acceptors (Lipinski definition) is 8. The van der Waals surface area contributed by atoms with E-state index in [0.29, 0.717) is 12.8 Å². The molecule has 0 amide bonds. The summed E-state index contributed by atoms with van der Waals surface area (Å²) in [5.41, 5.74) is 4.53. The molecular formula is C18H24N3O6P. The summed E-state index contributed by atoms with van der Waals surface area (Å²) in [5.74, 6) is -0.0298. The van der Waals surface area contributed by atoms with Gasteiger partial charge in [-0.3, -0.25) is 14.7 Å². The lowest BCUT2D eigenvalue weighted by Crippen LogP contribution is -2.22. The molecule has 0 fully saturated rings. The zero-order chi connectivity index (χ0) is 20.7. The predicted octanol–water partition coefficient (Wildman–Crippen LogP) is 4.55. The highest BCUT2D eigenvalue weighted by molar-refractivity contribution is 7.54. The van der Waals surface area contributed by atoms with Crippen molar-refractivity contribution in [3.63, 3.8) is 0 Å². The summed E-state index contributed by atoms with van der Waals surface area (Å²) >= 11 is 0. The van der Waals surface area contributed by atoms with Gasteiger partial charge in [-0.05, 0) is 18.9 Å². The number of ether oxygens (including phenoxy) is 1. The number of nitriles is 1. The van der Waals surface area contributed by atoms with Crippen molar-refractivity contribution in [3.05, 3.63) is 45.3 Å². The minimum Gasteiger partial charge on any atom is -0.440 e. The van der Waals surface area contributed by atoms with Crippen molar-refractivity contribution >= 4 is 13.3 Å². The minimum absolute atomic E-state index is 0.121. The number of nitro benzene ring substituents is 1. The lowest BCUT2D eigenvalue weighted by Gasteiger charge is -2.31. The number of hydrogen-bond donors (Lipinski definition) is 1. The van der Waals surface area contributed by atoms with Crippen molar-refractivity contribution < 1.29 is 23.3 Å². The third kappa shape index (κ3) is 4.71. The maximum absolute atomic E-state index is 13.8. The van der Waals surface area contributed by atoms with E-state index in [4.69, 9.17) is 19.5 Å². The summed E-state index contributed by atoms with van der Waals surface area (Å²) in [4.78, 5) is 10.6. The first-order valence-corrected chi connectivity index (χ1v) is 10.7. The number of benzene rings is 1. The topological polar surface area (TPSA) is 138 Å². The van der Waals surface area contributed by atoms with Crippen LogP contribution in [0.5, 0.6) is 5.75 Å². The molecule has 1 aliphatic rings. The van der Waals surface area contributed by atoms with E-state index in [1.54, 1.807) is 0 Å². The smallest absolute Gasteiger partial charge is 0.343 e. The fraction of sp³-hybridized carbons (Fsp3) is 0.500.